The van der Waals surface area contributed by atoms with E-state index in [1.807, 2.05) is 39.0 Å². The highest BCUT2D eigenvalue weighted by atomic mass is 28.4. The Morgan fingerprint density at radius 2 is 1.70 bits per heavy atom. The fourth-order valence-corrected chi connectivity index (χ4v) is 2.31. The van der Waals surface area contributed by atoms with Gasteiger partial charge in [0.15, 0.2) is 0 Å². The highest BCUT2D eigenvalue weighted by Crippen LogP contribution is 2.29. The normalized spacial score (nSPS) is 11.9. The quantitative estimate of drug-likeness (QED) is 0.356. The van der Waals surface area contributed by atoms with Gasteiger partial charge in [0.25, 0.3) is 0 Å². The molecule has 0 aliphatic carbocycles. The van der Waals surface area contributed by atoms with E-state index in [0.29, 0.717) is 11.5 Å². The lowest BCUT2D eigenvalue weighted by Gasteiger charge is -2.23. The maximum Gasteiger partial charge on any atom is 0.316 e. The lowest BCUT2D eigenvalue weighted by Crippen LogP contribution is -2.26. The third-order valence-electron chi connectivity index (χ3n) is 2.43. The average Bonchev–Trinajstić information content (AvgIpc) is 2.25. The topological polar surface area (TPSA) is 35.5 Å². The van der Waals surface area contributed by atoms with E-state index in [-0.39, 0.29) is 5.97 Å². The highest BCUT2D eigenvalue weighted by Gasteiger charge is 2.25. The van der Waals surface area contributed by atoms with Gasteiger partial charge < -0.3 is 9.16 Å². The number of rotatable bonds is 4. The summed E-state index contributed by atoms with van der Waals surface area (Å²) in [7, 11) is -1.74. The summed E-state index contributed by atoms with van der Waals surface area (Å²) in [6.45, 7) is 15.7. The van der Waals surface area contributed by atoms with Gasteiger partial charge in [0.1, 0.15) is 11.5 Å². The first-order valence-corrected chi connectivity index (χ1v) is 10.1. The Hall–Kier alpha value is -1.55. The SMILES string of the molecule is C=C(O[Si](C)(C)C)c1ccccc1OC(=O)C(C)(C)C. The molecule has 0 radical (unpaired) electrons. The molecule has 1 aromatic rings. The molecular weight excluding hydrogens is 268 g/mol. The van der Waals surface area contributed by atoms with Crippen LogP contribution in [-0.4, -0.2) is 14.3 Å². The molecule has 0 fully saturated rings. The molecule has 0 atom stereocenters. The van der Waals surface area contributed by atoms with Gasteiger partial charge in [0.05, 0.1) is 11.0 Å². The van der Waals surface area contributed by atoms with E-state index in [4.69, 9.17) is 9.16 Å². The zero-order valence-electron chi connectivity index (χ0n) is 13.2. The summed E-state index contributed by atoms with van der Waals surface area (Å²) in [5.41, 5.74) is 0.182. The second-order valence-corrected chi connectivity index (χ2v) is 11.2. The molecule has 20 heavy (non-hydrogen) atoms. The molecule has 0 bridgehead atoms. The van der Waals surface area contributed by atoms with Crippen LogP contribution in [0.1, 0.15) is 26.3 Å². The monoisotopic (exact) mass is 292 g/mol. The van der Waals surface area contributed by atoms with Gasteiger partial charge in [-0.1, -0.05) is 18.7 Å². The van der Waals surface area contributed by atoms with Gasteiger partial charge in [0, 0.05) is 0 Å². The molecule has 0 spiro atoms. The molecule has 0 aliphatic heterocycles. The molecule has 0 heterocycles. The maximum absolute atomic E-state index is 12.0. The van der Waals surface area contributed by atoms with Gasteiger partial charge >= 0.3 is 5.97 Å². The number of para-hydroxylation sites is 1. The first-order chi connectivity index (χ1) is 9.00. The summed E-state index contributed by atoms with van der Waals surface area (Å²) in [5, 5.41) is 0. The number of ether oxygens (including phenoxy) is 1. The fourth-order valence-electron chi connectivity index (χ4n) is 1.46. The standard InChI is InChI=1S/C16H24O3Si/c1-12(19-20(5,6)7)13-10-8-9-11-14(13)18-15(17)16(2,3)4/h8-11H,1H2,2-7H3. The fraction of sp³-hybridized carbons (Fsp3) is 0.438. The van der Waals surface area contributed by atoms with Gasteiger partial charge in [0.2, 0.25) is 8.32 Å². The molecule has 1 aromatic carbocycles. The van der Waals surface area contributed by atoms with E-state index >= 15 is 0 Å². The second kappa shape index (κ2) is 5.83. The van der Waals surface area contributed by atoms with Crippen LogP contribution in [-0.2, 0) is 9.22 Å². The van der Waals surface area contributed by atoms with Crippen molar-refractivity contribution in [2.24, 2.45) is 5.41 Å². The second-order valence-electron chi connectivity index (χ2n) is 6.77. The van der Waals surface area contributed by atoms with Crippen molar-refractivity contribution in [3.05, 3.63) is 36.4 Å². The Kier molecular flexibility index (Phi) is 4.81. The zero-order valence-corrected chi connectivity index (χ0v) is 14.2. The van der Waals surface area contributed by atoms with Crippen LogP contribution in [0.5, 0.6) is 5.75 Å². The summed E-state index contributed by atoms with van der Waals surface area (Å²) in [6.07, 6.45) is 0. The lowest BCUT2D eigenvalue weighted by atomic mass is 9.97. The number of carbonyl (C=O) groups excluding carboxylic acids is 1. The minimum Gasteiger partial charge on any atom is -0.544 e. The van der Waals surface area contributed by atoms with Crippen molar-refractivity contribution in [2.45, 2.75) is 40.4 Å². The number of benzene rings is 1. The molecule has 1 rings (SSSR count). The molecular formula is C16H24O3Si. The van der Waals surface area contributed by atoms with Crippen molar-refractivity contribution < 1.29 is 14.0 Å². The summed E-state index contributed by atoms with van der Waals surface area (Å²) in [4.78, 5) is 12.0. The summed E-state index contributed by atoms with van der Waals surface area (Å²) in [5.74, 6) is 0.780. The van der Waals surface area contributed by atoms with E-state index in [1.165, 1.54) is 0 Å². The summed E-state index contributed by atoms with van der Waals surface area (Å²) < 4.78 is 11.4. The van der Waals surface area contributed by atoms with Crippen molar-refractivity contribution in [1.29, 1.82) is 0 Å². The van der Waals surface area contributed by atoms with Crippen LogP contribution in [0.25, 0.3) is 5.76 Å². The first-order valence-electron chi connectivity index (χ1n) is 6.70. The molecule has 0 aromatic heterocycles. The van der Waals surface area contributed by atoms with Crippen LogP contribution in [0.3, 0.4) is 0 Å². The number of carbonyl (C=O) groups is 1. The lowest BCUT2D eigenvalue weighted by molar-refractivity contribution is -0.143. The molecule has 0 saturated carbocycles. The van der Waals surface area contributed by atoms with E-state index in [0.717, 1.165) is 5.56 Å². The third kappa shape index (κ3) is 4.85. The Morgan fingerprint density at radius 3 is 2.20 bits per heavy atom. The summed E-state index contributed by atoms with van der Waals surface area (Å²) >= 11 is 0. The minimum atomic E-state index is -1.74. The van der Waals surface area contributed by atoms with Gasteiger partial charge in [-0.2, -0.15) is 0 Å². The Balaban J connectivity index is 3.00. The minimum absolute atomic E-state index is 0.272. The molecule has 3 nitrogen and oxygen atoms in total. The number of esters is 1. The predicted molar refractivity (Wildman–Crippen MR) is 85.0 cm³/mol. The molecule has 0 unspecified atom stereocenters. The number of hydrogen-bond acceptors (Lipinski definition) is 3. The molecule has 0 saturated heterocycles. The van der Waals surface area contributed by atoms with Gasteiger partial charge in [-0.15, -0.1) is 0 Å². The first kappa shape index (κ1) is 16.5. The predicted octanol–water partition coefficient (Wildman–Crippen LogP) is 4.46. The largest absolute Gasteiger partial charge is 0.544 e. The van der Waals surface area contributed by atoms with Crippen LogP contribution < -0.4 is 4.74 Å². The van der Waals surface area contributed by atoms with E-state index in [1.54, 1.807) is 6.07 Å². The molecule has 0 N–H and O–H groups in total. The average molecular weight is 292 g/mol. The molecule has 0 aliphatic rings. The Morgan fingerprint density at radius 1 is 1.15 bits per heavy atom. The molecule has 110 valence electrons. The van der Waals surface area contributed by atoms with Crippen molar-refractivity contribution in [3.8, 4) is 5.75 Å². The van der Waals surface area contributed by atoms with Crippen molar-refractivity contribution in [2.75, 3.05) is 0 Å². The van der Waals surface area contributed by atoms with Crippen molar-refractivity contribution in [3.63, 3.8) is 0 Å². The van der Waals surface area contributed by atoms with Gasteiger partial charge in [-0.05, 0) is 52.5 Å². The third-order valence-corrected chi connectivity index (χ3v) is 3.29. The molecule has 4 heteroatoms. The molecule has 0 amide bonds. The van der Waals surface area contributed by atoms with Crippen LogP contribution in [0.2, 0.25) is 19.6 Å². The maximum atomic E-state index is 12.0. The van der Waals surface area contributed by atoms with Crippen LogP contribution in [0, 0.1) is 5.41 Å². The van der Waals surface area contributed by atoms with E-state index < -0.39 is 13.7 Å². The highest BCUT2D eigenvalue weighted by molar-refractivity contribution is 6.70. The zero-order chi connectivity index (χ0) is 15.6. The van der Waals surface area contributed by atoms with Crippen LogP contribution in [0.15, 0.2) is 30.8 Å². The van der Waals surface area contributed by atoms with Crippen molar-refractivity contribution >= 4 is 20.0 Å². The Bertz CT molecular complexity index is 507. The van der Waals surface area contributed by atoms with Crippen molar-refractivity contribution in [1.82, 2.24) is 0 Å². The Labute approximate surface area is 122 Å². The summed E-state index contributed by atoms with van der Waals surface area (Å²) in [6, 6.07) is 7.32. The van der Waals surface area contributed by atoms with E-state index in [9.17, 15) is 4.79 Å². The van der Waals surface area contributed by atoms with Gasteiger partial charge in [-0.25, -0.2) is 0 Å². The number of hydrogen-bond donors (Lipinski definition) is 0. The smallest absolute Gasteiger partial charge is 0.316 e. The van der Waals surface area contributed by atoms with Gasteiger partial charge in [-0.3, -0.25) is 4.79 Å². The van der Waals surface area contributed by atoms with E-state index in [2.05, 4.69) is 26.2 Å². The van der Waals surface area contributed by atoms with Crippen LogP contribution in [0.4, 0.5) is 0 Å². The van der Waals surface area contributed by atoms with Crippen LogP contribution >= 0.6 is 0 Å².